The maximum absolute atomic E-state index is 12.4. The minimum absolute atomic E-state index is 0.000247. The number of nitrogens with one attached hydrogen (secondary N) is 2. The van der Waals surface area contributed by atoms with E-state index < -0.39 is 9.84 Å². The lowest BCUT2D eigenvalue weighted by Crippen LogP contribution is -2.36. The Morgan fingerprint density at radius 2 is 2.12 bits per heavy atom. The van der Waals surface area contributed by atoms with Crippen LogP contribution in [0.3, 0.4) is 0 Å². The molecule has 1 aliphatic heterocycles. The molecule has 2 aromatic rings. The topological polar surface area (TPSA) is 88.2 Å². The molecule has 26 heavy (non-hydrogen) atoms. The summed E-state index contributed by atoms with van der Waals surface area (Å²) in [6, 6.07) is 9.30. The zero-order valence-corrected chi connectivity index (χ0v) is 15.8. The number of carbonyl (C=O) groups is 1. The molecule has 0 radical (unpaired) electrons. The lowest BCUT2D eigenvalue weighted by atomic mass is 10.1. The van der Waals surface area contributed by atoms with Crippen molar-refractivity contribution in [2.45, 2.75) is 32.7 Å². The third-order valence-corrected chi connectivity index (χ3v) is 6.34. The predicted octanol–water partition coefficient (Wildman–Crippen LogP) is 2.61. The second kappa shape index (κ2) is 7.45. The summed E-state index contributed by atoms with van der Waals surface area (Å²) in [6.07, 6.45) is 2.93. The number of sulfone groups is 1. The molecule has 1 aromatic carbocycles. The first-order valence-corrected chi connectivity index (χ1v) is 10.5. The Bertz CT molecular complexity index is 925. The maximum Gasteiger partial charge on any atom is 0.270 e. The molecule has 0 spiro atoms. The number of pyridine rings is 1. The average molecular weight is 373 g/mol. The minimum Gasteiger partial charge on any atom is -0.355 e. The van der Waals surface area contributed by atoms with Gasteiger partial charge < -0.3 is 10.6 Å². The lowest BCUT2D eigenvalue weighted by Gasteiger charge is -2.15. The van der Waals surface area contributed by atoms with Crippen LogP contribution in [0.25, 0.3) is 0 Å². The van der Waals surface area contributed by atoms with Gasteiger partial charge in [-0.1, -0.05) is 25.1 Å². The van der Waals surface area contributed by atoms with Crippen LogP contribution in [0.5, 0.6) is 0 Å². The number of amides is 1. The number of hydrogen-bond donors (Lipinski definition) is 2. The molecule has 0 saturated carbocycles. The van der Waals surface area contributed by atoms with Crippen molar-refractivity contribution < 1.29 is 13.2 Å². The first-order valence-electron chi connectivity index (χ1n) is 8.71. The summed E-state index contributed by atoms with van der Waals surface area (Å²) in [5.41, 5.74) is 4.40. The number of para-hydroxylation sites is 1. The summed E-state index contributed by atoms with van der Waals surface area (Å²) >= 11 is 0. The fraction of sp³-hybridized carbons (Fsp3) is 0.368. The van der Waals surface area contributed by atoms with E-state index in [1.807, 2.05) is 25.1 Å². The molecular weight excluding hydrogens is 350 g/mol. The summed E-state index contributed by atoms with van der Waals surface area (Å²) in [5, 5.41) is 6.15. The average Bonchev–Trinajstić information content (AvgIpc) is 2.95. The molecule has 7 heteroatoms. The first kappa shape index (κ1) is 18.4. The van der Waals surface area contributed by atoms with Gasteiger partial charge in [-0.3, -0.25) is 9.78 Å². The molecule has 1 fully saturated rings. The van der Waals surface area contributed by atoms with E-state index >= 15 is 0 Å². The van der Waals surface area contributed by atoms with E-state index in [0.29, 0.717) is 6.42 Å². The standard InChI is InChI=1S/C19H23N3O3S/c1-3-14-6-4-5-13(2)18(14)21-15-7-9-20-17(11-15)19(23)22-16-8-10-26(24,25)12-16/h4-7,9,11,16H,3,8,10,12H2,1-2H3,(H,20,21)(H,22,23). The van der Waals surface area contributed by atoms with Crippen LogP contribution >= 0.6 is 0 Å². The molecule has 0 aliphatic carbocycles. The van der Waals surface area contributed by atoms with Crippen molar-refractivity contribution in [3.8, 4) is 0 Å². The fourth-order valence-corrected chi connectivity index (χ4v) is 4.82. The Labute approximate surface area is 154 Å². The van der Waals surface area contributed by atoms with Gasteiger partial charge in [0.25, 0.3) is 5.91 Å². The van der Waals surface area contributed by atoms with Crippen molar-refractivity contribution in [1.29, 1.82) is 0 Å². The van der Waals surface area contributed by atoms with Crippen LogP contribution in [0.15, 0.2) is 36.5 Å². The SMILES string of the molecule is CCc1cccc(C)c1Nc1ccnc(C(=O)NC2CCS(=O)(=O)C2)c1. The molecule has 138 valence electrons. The van der Waals surface area contributed by atoms with Crippen molar-refractivity contribution in [2.75, 3.05) is 16.8 Å². The number of aromatic nitrogens is 1. The largest absolute Gasteiger partial charge is 0.355 e. The molecule has 1 aromatic heterocycles. The molecule has 1 amide bonds. The van der Waals surface area contributed by atoms with Crippen LogP contribution in [0.2, 0.25) is 0 Å². The summed E-state index contributed by atoms with van der Waals surface area (Å²) in [5.74, 6) is -0.226. The second-order valence-electron chi connectivity index (χ2n) is 6.59. The predicted molar refractivity (Wildman–Crippen MR) is 103 cm³/mol. The summed E-state index contributed by atoms with van der Waals surface area (Å²) < 4.78 is 23.1. The molecule has 1 aliphatic rings. The van der Waals surface area contributed by atoms with Crippen molar-refractivity contribution in [2.24, 2.45) is 0 Å². The van der Waals surface area contributed by atoms with Crippen LogP contribution in [0.4, 0.5) is 11.4 Å². The van der Waals surface area contributed by atoms with E-state index in [1.54, 1.807) is 12.3 Å². The molecule has 1 saturated heterocycles. The Morgan fingerprint density at radius 3 is 2.81 bits per heavy atom. The zero-order chi connectivity index (χ0) is 18.7. The Morgan fingerprint density at radius 1 is 1.31 bits per heavy atom. The monoisotopic (exact) mass is 373 g/mol. The Kier molecular flexibility index (Phi) is 5.27. The van der Waals surface area contributed by atoms with E-state index in [1.165, 1.54) is 5.56 Å². The van der Waals surface area contributed by atoms with Crippen LogP contribution in [-0.4, -0.2) is 36.9 Å². The molecule has 3 rings (SSSR count). The van der Waals surface area contributed by atoms with E-state index in [2.05, 4.69) is 28.6 Å². The number of nitrogens with zero attached hydrogens (tertiary/aromatic N) is 1. The highest BCUT2D eigenvalue weighted by molar-refractivity contribution is 7.91. The Hall–Kier alpha value is -2.41. The van der Waals surface area contributed by atoms with E-state index in [0.717, 1.165) is 23.4 Å². The Balaban J connectivity index is 1.75. The lowest BCUT2D eigenvalue weighted by molar-refractivity contribution is 0.0936. The van der Waals surface area contributed by atoms with Gasteiger partial charge in [0.2, 0.25) is 0 Å². The zero-order valence-electron chi connectivity index (χ0n) is 15.0. The van der Waals surface area contributed by atoms with Gasteiger partial charge in [-0.25, -0.2) is 8.42 Å². The van der Waals surface area contributed by atoms with E-state index in [-0.39, 0.29) is 29.1 Å². The van der Waals surface area contributed by atoms with Gasteiger partial charge in [-0.2, -0.15) is 0 Å². The molecule has 1 unspecified atom stereocenters. The van der Waals surface area contributed by atoms with Crippen molar-refractivity contribution in [3.63, 3.8) is 0 Å². The fourth-order valence-electron chi connectivity index (χ4n) is 3.15. The van der Waals surface area contributed by atoms with Gasteiger partial charge in [0, 0.05) is 23.6 Å². The summed E-state index contributed by atoms with van der Waals surface area (Å²) in [7, 11) is -3.03. The maximum atomic E-state index is 12.4. The molecule has 0 bridgehead atoms. The van der Waals surface area contributed by atoms with Crippen molar-refractivity contribution in [1.82, 2.24) is 10.3 Å². The van der Waals surface area contributed by atoms with E-state index in [4.69, 9.17) is 0 Å². The number of anilines is 2. The summed E-state index contributed by atoms with van der Waals surface area (Å²) in [6.45, 7) is 4.14. The first-order chi connectivity index (χ1) is 12.4. The van der Waals surface area contributed by atoms with E-state index in [9.17, 15) is 13.2 Å². The number of aryl methyl sites for hydroxylation is 2. The number of rotatable bonds is 5. The van der Waals surface area contributed by atoms with Gasteiger partial charge in [-0.15, -0.1) is 0 Å². The number of benzene rings is 1. The highest BCUT2D eigenvalue weighted by atomic mass is 32.2. The van der Waals surface area contributed by atoms with Crippen LogP contribution in [0.1, 0.15) is 35.0 Å². The quantitative estimate of drug-likeness (QED) is 0.841. The van der Waals surface area contributed by atoms with Gasteiger partial charge in [0.05, 0.1) is 11.5 Å². The minimum atomic E-state index is -3.03. The highest BCUT2D eigenvalue weighted by Gasteiger charge is 2.29. The third kappa shape index (κ3) is 4.22. The molecule has 1 atom stereocenters. The van der Waals surface area contributed by atoms with Crippen molar-refractivity contribution >= 4 is 27.1 Å². The van der Waals surface area contributed by atoms with Crippen LogP contribution in [0, 0.1) is 6.92 Å². The molecule has 2 N–H and O–H groups in total. The molecule has 6 nitrogen and oxygen atoms in total. The smallest absolute Gasteiger partial charge is 0.270 e. The third-order valence-electron chi connectivity index (χ3n) is 4.57. The van der Waals surface area contributed by atoms with Gasteiger partial charge in [0.1, 0.15) is 5.69 Å². The van der Waals surface area contributed by atoms with Crippen LogP contribution in [-0.2, 0) is 16.3 Å². The van der Waals surface area contributed by atoms with Crippen molar-refractivity contribution in [3.05, 3.63) is 53.3 Å². The molecular formula is C19H23N3O3S. The van der Waals surface area contributed by atoms with Gasteiger partial charge in [-0.05, 0) is 43.0 Å². The van der Waals surface area contributed by atoms with Crippen LogP contribution < -0.4 is 10.6 Å². The number of carbonyl (C=O) groups excluding carboxylic acids is 1. The highest BCUT2D eigenvalue weighted by Crippen LogP contribution is 2.25. The van der Waals surface area contributed by atoms with Gasteiger partial charge in [0.15, 0.2) is 9.84 Å². The second-order valence-corrected chi connectivity index (χ2v) is 8.82. The number of hydrogen-bond acceptors (Lipinski definition) is 5. The molecule has 2 heterocycles. The normalized spacial score (nSPS) is 18.5. The van der Waals surface area contributed by atoms with Gasteiger partial charge >= 0.3 is 0 Å². The summed E-state index contributed by atoms with van der Waals surface area (Å²) in [4.78, 5) is 16.5.